The van der Waals surface area contributed by atoms with Crippen molar-refractivity contribution >= 4 is 32.5 Å². The van der Waals surface area contributed by atoms with E-state index in [-0.39, 0.29) is 5.56 Å². The third kappa shape index (κ3) is 2.24. The summed E-state index contributed by atoms with van der Waals surface area (Å²) in [6.07, 6.45) is 1.97. The summed E-state index contributed by atoms with van der Waals surface area (Å²) in [6.45, 7) is 0. The molecule has 2 heterocycles. The fourth-order valence-corrected chi connectivity index (χ4v) is 3.58. The molecule has 2 aromatic heterocycles. The molecule has 0 saturated carbocycles. The van der Waals surface area contributed by atoms with Gasteiger partial charge in [-0.25, -0.2) is 9.78 Å². The molecule has 0 saturated heterocycles. The molecule has 114 valence electrons. The van der Waals surface area contributed by atoms with Gasteiger partial charge in [-0.3, -0.25) is 4.40 Å². The molecule has 0 spiro atoms. The largest absolute Gasteiger partial charge is 0.497 e. The number of fused-ring (bicyclic) bond motifs is 3. The predicted molar refractivity (Wildman–Crippen MR) is 89.5 cm³/mol. The maximum absolute atomic E-state index is 11.1. The highest BCUT2D eigenvalue weighted by molar-refractivity contribution is 7.23. The van der Waals surface area contributed by atoms with Crippen LogP contribution in [-0.2, 0) is 0 Å². The third-order valence-corrected chi connectivity index (χ3v) is 4.74. The van der Waals surface area contributed by atoms with E-state index < -0.39 is 5.97 Å². The maximum atomic E-state index is 11.1. The lowest BCUT2D eigenvalue weighted by atomic mass is 10.1. The van der Waals surface area contributed by atoms with Crippen molar-refractivity contribution in [1.82, 2.24) is 9.38 Å². The minimum absolute atomic E-state index is 0.289. The van der Waals surface area contributed by atoms with Crippen LogP contribution < -0.4 is 4.74 Å². The highest BCUT2D eigenvalue weighted by atomic mass is 32.1. The minimum Gasteiger partial charge on any atom is -0.497 e. The standard InChI is InChI=1S/C17H12N2O3S/c1-22-12-5-2-10(3-6-12)13-9-19-14-7-4-11(16(20)21)8-15(14)23-17(19)18-13/h2-9H,1H3,(H,20,21). The molecule has 23 heavy (non-hydrogen) atoms. The SMILES string of the molecule is COc1ccc(-c2cn3c(n2)sc2cc(C(=O)O)ccc23)cc1. The molecule has 1 N–H and O–H groups in total. The zero-order valence-electron chi connectivity index (χ0n) is 12.2. The van der Waals surface area contributed by atoms with Crippen LogP contribution in [0.5, 0.6) is 5.75 Å². The van der Waals surface area contributed by atoms with E-state index in [0.717, 1.165) is 32.2 Å². The highest BCUT2D eigenvalue weighted by Crippen LogP contribution is 2.30. The summed E-state index contributed by atoms with van der Waals surface area (Å²) in [7, 11) is 1.64. The van der Waals surface area contributed by atoms with Gasteiger partial charge in [-0.2, -0.15) is 0 Å². The molecule has 0 amide bonds. The van der Waals surface area contributed by atoms with E-state index in [1.54, 1.807) is 19.2 Å². The number of hydrogen-bond acceptors (Lipinski definition) is 4. The van der Waals surface area contributed by atoms with Crippen molar-refractivity contribution in [2.45, 2.75) is 0 Å². The second-order valence-electron chi connectivity index (χ2n) is 5.10. The fraction of sp³-hybridized carbons (Fsp3) is 0.0588. The summed E-state index contributed by atoms with van der Waals surface area (Å²) < 4.78 is 8.07. The number of benzene rings is 2. The first-order valence-corrected chi connectivity index (χ1v) is 7.77. The van der Waals surface area contributed by atoms with Crippen molar-refractivity contribution in [3.63, 3.8) is 0 Å². The molecule has 0 atom stereocenters. The van der Waals surface area contributed by atoms with E-state index >= 15 is 0 Å². The second-order valence-corrected chi connectivity index (χ2v) is 6.11. The van der Waals surface area contributed by atoms with Crippen LogP contribution in [0.15, 0.2) is 48.7 Å². The normalized spacial score (nSPS) is 11.2. The van der Waals surface area contributed by atoms with Crippen LogP contribution in [-0.4, -0.2) is 27.6 Å². The van der Waals surface area contributed by atoms with Gasteiger partial charge in [0.2, 0.25) is 0 Å². The smallest absolute Gasteiger partial charge is 0.335 e. The number of carboxylic acids is 1. The van der Waals surface area contributed by atoms with Crippen LogP contribution in [0, 0.1) is 0 Å². The number of carboxylic acid groups (broad SMARTS) is 1. The van der Waals surface area contributed by atoms with Gasteiger partial charge in [-0.15, -0.1) is 0 Å². The number of imidazole rings is 1. The number of rotatable bonds is 3. The summed E-state index contributed by atoms with van der Waals surface area (Å²) in [5.41, 5.74) is 3.14. The molecule has 2 aromatic carbocycles. The summed E-state index contributed by atoms with van der Waals surface area (Å²) in [6, 6.07) is 12.9. The lowest BCUT2D eigenvalue weighted by molar-refractivity contribution is 0.0697. The number of ether oxygens (including phenoxy) is 1. The van der Waals surface area contributed by atoms with Crippen molar-refractivity contribution in [2.24, 2.45) is 0 Å². The first kappa shape index (κ1) is 13.8. The number of methoxy groups -OCH3 is 1. The van der Waals surface area contributed by atoms with Crippen molar-refractivity contribution in [2.75, 3.05) is 7.11 Å². The van der Waals surface area contributed by atoms with Gasteiger partial charge in [0.25, 0.3) is 0 Å². The monoisotopic (exact) mass is 324 g/mol. The van der Waals surface area contributed by atoms with Gasteiger partial charge in [0.1, 0.15) is 5.75 Å². The number of aromatic nitrogens is 2. The quantitative estimate of drug-likeness (QED) is 0.620. The third-order valence-electron chi connectivity index (χ3n) is 3.73. The first-order chi connectivity index (χ1) is 11.2. The van der Waals surface area contributed by atoms with Crippen molar-refractivity contribution in [3.05, 3.63) is 54.2 Å². The number of thiazole rings is 1. The lowest BCUT2D eigenvalue weighted by Gasteiger charge is -2.00. The Labute approximate surface area is 135 Å². The predicted octanol–water partition coefficient (Wildman–Crippen LogP) is 3.92. The summed E-state index contributed by atoms with van der Waals surface area (Å²) in [5.74, 6) is -0.113. The van der Waals surface area contributed by atoms with Crippen molar-refractivity contribution in [3.8, 4) is 17.0 Å². The molecule has 0 aliphatic heterocycles. The summed E-state index contributed by atoms with van der Waals surface area (Å²) in [4.78, 5) is 16.5. The van der Waals surface area contributed by atoms with E-state index in [9.17, 15) is 4.79 Å². The summed E-state index contributed by atoms with van der Waals surface area (Å²) >= 11 is 1.48. The molecule has 6 heteroatoms. The maximum Gasteiger partial charge on any atom is 0.335 e. The zero-order chi connectivity index (χ0) is 16.0. The van der Waals surface area contributed by atoms with Crippen LogP contribution in [0.4, 0.5) is 0 Å². The number of nitrogens with zero attached hydrogens (tertiary/aromatic N) is 2. The van der Waals surface area contributed by atoms with Crippen molar-refractivity contribution in [1.29, 1.82) is 0 Å². The average molecular weight is 324 g/mol. The Kier molecular flexibility index (Phi) is 3.06. The topological polar surface area (TPSA) is 63.8 Å². The highest BCUT2D eigenvalue weighted by Gasteiger charge is 2.12. The Morgan fingerprint density at radius 2 is 2.00 bits per heavy atom. The van der Waals surface area contributed by atoms with E-state index in [4.69, 9.17) is 9.84 Å². The molecule has 0 aliphatic carbocycles. The Morgan fingerprint density at radius 1 is 1.22 bits per heavy atom. The van der Waals surface area contributed by atoms with Crippen LogP contribution in [0.3, 0.4) is 0 Å². The molecule has 0 unspecified atom stereocenters. The van der Waals surface area contributed by atoms with Crippen LogP contribution >= 0.6 is 11.3 Å². The molecule has 4 rings (SSSR count). The van der Waals surface area contributed by atoms with E-state index in [0.29, 0.717) is 0 Å². The Hall–Kier alpha value is -2.86. The van der Waals surface area contributed by atoms with Gasteiger partial charge in [-0.1, -0.05) is 11.3 Å². The number of hydrogen-bond donors (Lipinski definition) is 1. The minimum atomic E-state index is -0.920. The number of aromatic carboxylic acids is 1. The van der Waals surface area contributed by atoms with Crippen LogP contribution in [0.2, 0.25) is 0 Å². The lowest BCUT2D eigenvalue weighted by Crippen LogP contribution is -1.94. The van der Waals surface area contributed by atoms with Crippen molar-refractivity contribution < 1.29 is 14.6 Å². The number of carbonyl (C=O) groups is 1. The van der Waals surface area contributed by atoms with Gasteiger partial charge in [-0.05, 0) is 42.5 Å². The Balaban J connectivity index is 1.83. The Bertz CT molecular complexity index is 1030. The van der Waals surface area contributed by atoms with E-state index in [1.165, 1.54) is 11.3 Å². The van der Waals surface area contributed by atoms with Gasteiger partial charge >= 0.3 is 5.97 Å². The molecular weight excluding hydrogens is 312 g/mol. The fourth-order valence-electron chi connectivity index (χ4n) is 2.54. The van der Waals surface area contributed by atoms with Gasteiger partial charge in [0.15, 0.2) is 4.96 Å². The van der Waals surface area contributed by atoms with Gasteiger partial charge in [0.05, 0.1) is 28.6 Å². The first-order valence-electron chi connectivity index (χ1n) is 6.95. The van der Waals surface area contributed by atoms with Crippen LogP contribution in [0.25, 0.3) is 26.4 Å². The molecule has 0 aliphatic rings. The molecule has 0 radical (unpaired) electrons. The second kappa shape index (κ2) is 5.10. The van der Waals surface area contributed by atoms with Gasteiger partial charge in [0, 0.05) is 11.8 Å². The zero-order valence-corrected chi connectivity index (χ0v) is 13.0. The van der Waals surface area contributed by atoms with Gasteiger partial charge < -0.3 is 9.84 Å². The average Bonchev–Trinajstić information content (AvgIpc) is 3.12. The molecule has 0 bridgehead atoms. The Morgan fingerprint density at radius 3 is 2.70 bits per heavy atom. The molecule has 0 fully saturated rings. The molecule has 5 nitrogen and oxygen atoms in total. The molecule has 4 aromatic rings. The molecular formula is C17H12N2O3S. The van der Waals surface area contributed by atoms with E-state index in [2.05, 4.69) is 4.98 Å². The summed E-state index contributed by atoms with van der Waals surface area (Å²) in [5, 5.41) is 9.08. The van der Waals surface area contributed by atoms with Crippen LogP contribution in [0.1, 0.15) is 10.4 Å². The van der Waals surface area contributed by atoms with E-state index in [1.807, 2.05) is 40.9 Å².